The Morgan fingerprint density at radius 3 is 2.62 bits per heavy atom. The molecule has 72 valence electrons. The van der Waals surface area contributed by atoms with Gasteiger partial charge in [0.1, 0.15) is 0 Å². The number of alkyl halides is 1. The summed E-state index contributed by atoms with van der Waals surface area (Å²) in [6.45, 7) is 6.27. The molecular weight excluding hydrogens is 182 g/mol. The molecule has 0 aliphatic rings. The van der Waals surface area contributed by atoms with Crippen LogP contribution in [0.2, 0.25) is 0 Å². The zero-order chi connectivity index (χ0) is 9.84. The highest BCUT2D eigenvalue weighted by atomic mass is 35.5. The van der Waals surface area contributed by atoms with Crippen LogP contribution in [0, 0.1) is 12.8 Å². The minimum Gasteiger partial charge on any atom is -0.258 e. The van der Waals surface area contributed by atoms with Crippen LogP contribution in [-0.4, -0.2) is 10.4 Å². The van der Waals surface area contributed by atoms with E-state index in [9.17, 15) is 0 Å². The molecule has 1 rings (SSSR count). The fourth-order valence-electron chi connectivity index (χ4n) is 1.15. The van der Waals surface area contributed by atoms with Crippen molar-refractivity contribution < 1.29 is 0 Å². The van der Waals surface area contributed by atoms with Crippen molar-refractivity contribution >= 4 is 11.6 Å². The second kappa shape index (κ2) is 4.61. The topological polar surface area (TPSA) is 12.9 Å². The smallest absolute Gasteiger partial charge is 0.0421 e. The maximum atomic E-state index is 6.16. The van der Waals surface area contributed by atoms with Gasteiger partial charge in [0.05, 0.1) is 0 Å². The van der Waals surface area contributed by atoms with Crippen molar-refractivity contribution in [2.24, 2.45) is 5.92 Å². The van der Waals surface area contributed by atoms with Gasteiger partial charge >= 0.3 is 0 Å². The van der Waals surface area contributed by atoms with Gasteiger partial charge in [-0.1, -0.05) is 19.9 Å². The summed E-state index contributed by atoms with van der Waals surface area (Å²) in [5.41, 5.74) is 2.15. The third kappa shape index (κ3) is 3.35. The molecular formula is C11H16ClN. The van der Waals surface area contributed by atoms with Gasteiger partial charge in [-0.15, -0.1) is 11.6 Å². The molecule has 0 radical (unpaired) electrons. The lowest BCUT2D eigenvalue weighted by molar-refractivity contribution is 0.590. The average molecular weight is 198 g/mol. The van der Waals surface area contributed by atoms with Gasteiger partial charge < -0.3 is 0 Å². The van der Waals surface area contributed by atoms with Crippen LogP contribution in [0.4, 0.5) is 0 Å². The number of aromatic nitrogens is 1. The van der Waals surface area contributed by atoms with Crippen LogP contribution in [0.1, 0.15) is 25.2 Å². The number of hydrogen-bond donors (Lipinski definition) is 0. The average Bonchev–Trinajstić information content (AvgIpc) is 2.04. The molecule has 1 aromatic rings. The Labute approximate surface area is 85.1 Å². The van der Waals surface area contributed by atoms with E-state index in [1.54, 1.807) is 0 Å². The second-order valence-electron chi connectivity index (χ2n) is 3.73. The SMILES string of the molecule is Cc1cccc(CC(Cl)C(C)C)n1. The molecule has 0 N–H and O–H groups in total. The summed E-state index contributed by atoms with van der Waals surface area (Å²) in [7, 11) is 0. The minimum atomic E-state index is 0.189. The maximum absolute atomic E-state index is 6.16. The van der Waals surface area contributed by atoms with E-state index < -0.39 is 0 Å². The van der Waals surface area contributed by atoms with Gasteiger partial charge in [-0.25, -0.2) is 0 Å². The molecule has 0 spiro atoms. The molecule has 0 saturated carbocycles. The highest BCUT2D eigenvalue weighted by molar-refractivity contribution is 6.20. The largest absolute Gasteiger partial charge is 0.258 e. The van der Waals surface area contributed by atoms with Crippen molar-refractivity contribution in [3.8, 4) is 0 Å². The molecule has 1 unspecified atom stereocenters. The van der Waals surface area contributed by atoms with Crippen molar-refractivity contribution in [1.82, 2.24) is 4.98 Å². The molecule has 2 heteroatoms. The number of aryl methyl sites for hydroxylation is 1. The summed E-state index contributed by atoms with van der Waals surface area (Å²) in [5.74, 6) is 0.504. The van der Waals surface area contributed by atoms with E-state index in [0.717, 1.165) is 17.8 Å². The molecule has 0 aliphatic carbocycles. The van der Waals surface area contributed by atoms with Crippen molar-refractivity contribution in [2.45, 2.75) is 32.6 Å². The predicted molar refractivity (Wildman–Crippen MR) is 57.2 cm³/mol. The molecule has 1 heterocycles. The lowest BCUT2D eigenvalue weighted by Gasteiger charge is -2.12. The lowest BCUT2D eigenvalue weighted by Crippen LogP contribution is -2.12. The highest BCUT2D eigenvalue weighted by Crippen LogP contribution is 2.14. The number of pyridine rings is 1. The standard InChI is InChI=1S/C11H16ClN/c1-8(2)11(12)7-10-6-4-5-9(3)13-10/h4-6,8,11H,7H2,1-3H3. The van der Waals surface area contributed by atoms with Crippen LogP contribution < -0.4 is 0 Å². The van der Waals surface area contributed by atoms with Gasteiger partial charge in [0.15, 0.2) is 0 Å². The minimum absolute atomic E-state index is 0.189. The molecule has 13 heavy (non-hydrogen) atoms. The third-order valence-corrected chi connectivity index (χ3v) is 2.73. The quantitative estimate of drug-likeness (QED) is 0.679. The van der Waals surface area contributed by atoms with Crippen molar-refractivity contribution in [2.75, 3.05) is 0 Å². The van der Waals surface area contributed by atoms with Crippen LogP contribution in [0.15, 0.2) is 18.2 Å². The van der Waals surface area contributed by atoms with Gasteiger partial charge in [0.2, 0.25) is 0 Å². The number of rotatable bonds is 3. The van der Waals surface area contributed by atoms with Gasteiger partial charge in [0, 0.05) is 23.2 Å². The molecule has 1 atom stereocenters. The zero-order valence-electron chi connectivity index (χ0n) is 8.42. The molecule has 1 nitrogen and oxygen atoms in total. The van der Waals surface area contributed by atoms with E-state index in [4.69, 9.17) is 11.6 Å². The summed E-state index contributed by atoms with van der Waals surface area (Å²) in [5, 5.41) is 0.189. The van der Waals surface area contributed by atoms with E-state index >= 15 is 0 Å². The van der Waals surface area contributed by atoms with Gasteiger partial charge in [0.25, 0.3) is 0 Å². The number of hydrogen-bond acceptors (Lipinski definition) is 1. The summed E-state index contributed by atoms with van der Waals surface area (Å²) in [6, 6.07) is 6.06. The van der Waals surface area contributed by atoms with Gasteiger partial charge in [-0.2, -0.15) is 0 Å². The van der Waals surface area contributed by atoms with E-state index in [0.29, 0.717) is 5.92 Å². The summed E-state index contributed by atoms with van der Waals surface area (Å²) < 4.78 is 0. The molecule has 0 fully saturated rings. The first-order valence-electron chi connectivity index (χ1n) is 4.66. The van der Waals surface area contributed by atoms with E-state index in [1.165, 1.54) is 0 Å². The Morgan fingerprint density at radius 1 is 1.38 bits per heavy atom. The van der Waals surface area contributed by atoms with Gasteiger partial charge in [-0.3, -0.25) is 4.98 Å². The van der Waals surface area contributed by atoms with Crippen LogP contribution in [0.3, 0.4) is 0 Å². The second-order valence-corrected chi connectivity index (χ2v) is 4.30. The van der Waals surface area contributed by atoms with Crippen LogP contribution in [0.25, 0.3) is 0 Å². The van der Waals surface area contributed by atoms with Crippen LogP contribution in [-0.2, 0) is 6.42 Å². The number of nitrogens with zero attached hydrogens (tertiary/aromatic N) is 1. The highest BCUT2D eigenvalue weighted by Gasteiger charge is 2.10. The van der Waals surface area contributed by atoms with Gasteiger partial charge in [-0.05, 0) is 25.0 Å². The third-order valence-electron chi connectivity index (χ3n) is 2.07. The predicted octanol–water partition coefficient (Wildman–Crippen LogP) is 3.20. The Kier molecular flexibility index (Phi) is 3.73. The number of halogens is 1. The van der Waals surface area contributed by atoms with Crippen LogP contribution >= 0.6 is 11.6 Å². The van der Waals surface area contributed by atoms with E-state index in [2.05, 4.69) is 18.8 Å². The molecule has 0 aromatic carbocycles. The Bertz CT molecular complexity index is 271. The van der Waals surface area contributed by atoms with E-state index in [1.807, 2.05) is 25.1 Å². The molecule has 0 saturated heterocycles. The van der Waals surface area contributed by atoms with E-state index in [-0.39, 0.29) is 5.38 Å². The Morgan fingerprint density at radius 2 is 2.08 bits per heavy atom. The maximum Gasteiger partial charge on any atom is 0.0421 e. The lowest BCUT2D eigenvalue weighted by atomic mass is 10.1. The summed E-state index contributed by atoms with van der Waals surface area (Å²) in [4.78, 5) is 4.41. The summed E-state index contributed by atoms with van der Waals surface area (Å²) >= 11 is 6.16. The van der Waals surface area contributed by atoms with Crippen molar-refractivity contribution in [1.29, 1.82) is 0 Å². The fraction of sp³-hybridized carbons (Fsp3) is 0.545. The van der Waals surface area contributed by atoms with Crippen LogP contribution in [0.5, 0.6) is 0 Å². The first-order valence-corrected chi connectivity index (χ1v) is 5.10. The monoisotopic (exact) mass is 197 g/mol. The van der Waals surface area contributed by atoms with Crippen molar-refractivity contribution in [3.05, 3.63) is 29.6 Å². The molecule has 0 amide bonds. The Balaban J connectivity index is 2.64. The molecule has 0 aliphatic heterocycles. The summed E-state index contributed by atoms with van der Waals surface area (Å²) in [6.07, 6.45) is 0.862. The zero-order valence-corrected chi connectivity index (χ0v) is 9.17. The molecule has 1 aromatic heterocycles. The molecule has 0 bridgehead atoms. The van der Waals surface area contributed by atoms with Crippen molar-refractivity contribution in [3.63, 3.8) is 0 Å². The first kappa shape index (κ1) is 10.5. The fourth-order valence-corrected chi connectivity index (χ4v) is 1.31. The Hall–Kier alpha value is -0.560. The normalized spacial score (nSPS) is 13.3. The first-order chi connectivity index (χ1) is 6.09.